The first-order valence-electron chi connectivity index (χ1n) is 12.9. The molecule has 5 unspecified atom stereocenters. The molecule has 11 nitrogen and oxygen atoms in total. The molecular formula is C24H36N4O7. The Morgan fingerprint density at radius 3 is 2.51 bits per heavy atom. The summed E-state index contributed by atoms with van der Waals surface area (Å²) in [6.07, 6.45) is 1.62. The highest BCUT2D eigenvalue weighted by atomic mass is 16.5. The molecule has 11 heteroatoms. The number of fused-ring (bicyclic) bond motifs is 3. The van der Waals surface area contributed by atoms with Crippen molar-refractivity contribution in [2.75, 3.05) is 6.61 Å². The Bertz CT molecular complexity index is 1200. The van der Waals surface area contributed by atoms with Gasteiger partial charge in [-0.05, 0) is 38.5 Å². The van der Waals surface area contributed by atoms with Crippen LogP contribution in [0.15, 0.2) is 9.59 Å². The van der Waals surface area contributed by atoms with Crippen LogP contribution < -0.4 is 11.2 Å². The number of aliphatic hydroxyl groups is 3. The lowest BCUT2D eigenvalue weighted by atomic mass is 9.88. The van der Waals surface area contributed by atoms with Crippen LogP contribution in [0.1, 0.15) is 77.3 Å². The van der Waals surface area contributed by atoms with Gasteiger partial charge in [-0.1, -0.05) is 13.8 Å². The van der Waals surface area contributed by atoms with E-state index in [-0.39, 0.29) is 30.1 Å². The summed E-state index contributed by atoms with van der Waals surface area (Å²) in [5.41, 5.74) is -1.74. The number of nitrogens with zero attached hydrogens (tertiary/aromatic N) is 4. The van der Waals surface area contributed by atoms with Crippen LogP contribution in [0.25, 0.3) is 11.2 Å². The lowest BCUT2D eigenvalue weighted by molar-refractivity contribution is -0.152. The van der Waals surface area contributed by atoms with Crippen LogP contribution in [-0.4, -0.2) is 59.1 Å². The minimum absolute atomic E-state index is 0.114. The normalized spacial score (nSPS) is 31.0. The second-order valence-electron chi connectivity index (χ2n) is 10.2. The standard InChI is InChI=1S/C24H36N4O7/c1-3-8-26-19-18(20(29)27(9-4-2)23(26)32)28(17-7-5-6-10-34-17)22(25-19)24(33)12-14-11-15(21(30)31)16(13-24)35-14/h14-17,21,30-31,33H,3-13H2,1-2H3. The summed E-state index contributed by atoms with van der Waals surface area (Å²) < 4.78 is 16.5. The number of hydrogen-bond donors (Lipinski definition) is 3. The molecule has 0 spiro atoms. The maximum Gasteiger partial charge on any atom is 0.332 e. The fourth-order valence-corrected chi connectivity index (χ4v) is 6.12. The van der Waals surface area contributed by atoms with Crippen LogP contribution >= 0.6 is 0 Å². The van der Waals surface area contributed by atoms with E-state index in [0.717, 1.165) is 12.8 Å². The summed E-state index contributed by atoms with van der Waals surface area (Å²) in [7, 11) is 0. The number of aromatic nitrogens is 4. The Labute approximate surface area is 202 Å². The first-order valence-corrected chi connectivity index (χ1v) is 12.9. The smallest absolute Gasteiger partial charge is 0.332 e. The fourth-order valence-electron chi connectivity index (χ4n) is 6.12. The van der Waals surface area contributed by atoms with E-state index in [2.05, 4.69) is 0 Å². The van der Waals surface area contributed by atoms with Gasteiger partial charge in [-0.25, -0.2) is 9.78 Å². The van der Waals surface area contributed by atoms with E-state index in [0.29, 0.717) is 51.2 Å². The molecule has 35 heavy (non-hydrogen) atoms. The van der Waals surface area contributed by atoms with Gasteiger partial charge in [-0.15, -0.1) is 0 Å². The van der Waals surface area contributed by atoms with Crippen LogP contribution in [0.4, 0.5) is 0 Å². The largest absolute Gasteiger partial charge is 0.382 e. The summed E-state index contributed by atoms with van der Waals surface area (Å²) in [6, 6.07) is 0. The van der Waals surface area contributed by atoms with E-state index >= 15 is 0 Å². The van der Waals surface area contributed by atoms with E-state index in [1.165, 1.54) is 9.13 Å². The molecule has 0 amide bonds. The molecule has 3 saturated heterocycles. The third-order valence-electron chi connectivity index (χ3n) is 7.68. The van der Waals surface area contributed by atoms with Gasteiger partial charge < -0.3 is 24.8 Å². The SMILES string of the molecule is CCCn1c(=O)c2c(nc(C3(O)CC4CC(C(O)O)C(C3)O4)n2C2CCCCO2)n(CCC)c1=O. The molecule has 0 radical (unpaired) electrons. The highest BCUT2D eigenvalue weighted by Gasteiger charge is 2.53. The Morgan fingerprint density at radius 2 is 1.86 bits per heavy atom. The predicted molar refractivity (Wildman–Crippen MR) is 126 cm³/mol. The van der Waals surface area contributed by atoms with Crippen molar-refractivity contribution in [2.24, 2.45) is 5.92 Å². The summed E-state index contributed by atoms with van der Waals surface area (Å²) in [6.45, 7) is 5.10. The van der Waals surface area contributed by atoms with Crippen LogP contribution in [0.2, 0.25) is 0 Å². The highest BCUT2D eigenvalue weighted by Crippen LogP contribution is 2.48. The molecule has 5 rings (SSSR count). The van der Waals surface area contributed by atoms with Crippen LogP contribution in [0.3, 0.4) is 0 Å². The van der Waals surface area contributed by atoms with Gasteiger partial charge >= 0.3 is 5.69 Å². The van der Waals surface area contributed by atoms with Crippen LogP contribution in [0, 0.1) is 5.92 Å². The van der Waals surface area contributed by atoms with E-state index in [9.17, 15) is 24.9 Å². The van der Waals surface area contributed by atoms with E-state index in [1.807, 2.05) is 13.8 Å². The number of ether oxygens (including phenoxy) is 2. The van der Waals surface area contributed by atoms with Crippen molar-refractivity contribution in [3.63, 3.8) is 0 Å². The second-order valence-corrected chi connectivity index (χ2v) is 10.2. The van der Waals surface area contributed by atoms with Crippen molar-refractivity contribution in [1.29, 1.82) is 0 Å². The number of imidazole rings is 1. The number of aryl methyl sites for hydroxylation is 1. The van der Waals surface area contributed by atoms with Crippen molar-refractivity contribution in [3.05, 3.63) is 26.7 Å². The maximum absolute atomic E-state index is 13.7. The zero-order valence-electron chi connectivity index (χ0n) is 20.4. The Hall–Kier alpha value is -2.05. The number of rotatable bonds is 7. The van der Waals surface area contributed by atoms with Gasteiger partial charge in [-0.3, -0.25) is 18.5 Å². The molecule has 0 aromatic carbocycles. The molecule has 2 aromatic rings. The lowest BCUT2D eigenvalue weighted by Gasteiger charge is -2.38. The average molecular weight is 493 g/mol. The van der Waals surface area contributed by atoms with Crippen molar-refractivity contribution in [1.82, 2.24) is 18.7 Å². The first kappa shape index (κ1) is 24.6. The summed E-state index contributed by atoms with van der Waals surface area (Å²) in [5.74, 6) is -0.209. The Balaban J connectivity index is 1.75. The molecule has 3 fully saturated rings. The van der Waals surface area contributed by atoms with E-state index < -0.39 is 41.4 Å². The van der Waals surface area contributed by atoms with E-state index in [1.54, 1.807) is 4.57 Å². The molecule has 0 aliphatic carbocycles. The van der Waals surface area contributed by atoms with Gasteiger partial charge in [0.15, 0.2) is 17.5 Å². The van der Waals surface area contributed by atoms with Crippen molar-refractivity contribution in [3.8, 4) is 0 Å². The molecule has 0 saturated carbocycles. The average Bonchev–Trinajstić information content (AvgIpc) is 3.39. The van der Waals surface area contributed by atoms with Gasteiger partial charge in [0.2, 0.25) is 0 Å². The van der Waals surface area contributed by atoms with Gasteiger partial charge in [0.05, 0.1) is 12.2 Å². The number of hydrogen-bond acceptors (Lipinski definition) is 8. The predicted octanol–water partition coefficient (Wildman–Crippen LogP) is 0.945. The summed E-state index contributed by atoms with van der Waals surface area (Å²) >= 11 is 0. The van der Waals surface area contributed by atoms with E-state index in [4.69, 9.17) is 14.5 Å². The molecule has 3 aliphatic rings. The fraction of sp³-hybridized carbons (Fsp3) is 0.792. The molecule has 5 atom stereocenters. The second kappa shape index (κ2) is 9.44. The summed E-state index contributed by atoms with van der Waals surface area (Å²) in [5, 5.41) is 31.7. The molecule has 194 valence electrons. The van der Waals surface area contributed by atoms with Gasteiger partial charge in [0.25, 0.3) is 5.56 Å². The third-order valence-corrected chi connectivity index (χ3v) is 7.68. The zero-order chi connectivity index (χ0) is 24.9. The van der Waals surface area contributed by atoms with Crippen LogP contribution in [0.5, 0.6) is 0 Å². The molecule has 2 aromatic heterocycles. The van der Waals surface area contributed by atoms with Gasteiger partial charge in [0, 0.05) is 38.5 Å². The quantitative estimate of drug-likeness (QED) is 0.485. The Kier molecular flexibility index (Phi) is 6.64. The highest BCUT2D eigenvalue weighted by molar-refractivity contribution is 5.71. The lowest BCUT2D eigenvalue weighted by Crippen LogP contribution is -2.43. The third kappa shape index (κ3) is 4.07. The van der Waals surface area contributed by atoms with Gasteiger partial charge in [0.1, 0.15) is 17.7 Å². The van der Waals surface area contributed by atoms with Crippen LogP contribution in [-0.2, 0) is 28.2 Å². The molecular weight excluding hydrogens is 456 g/mol. The van der Waals surface area contributed by atoms with Crippen molar-refractivity contribution in [2.45, 2.75) is 109 Å². The first-order chi connectivity index (χ1) is 16.8. The monoisotopic (exact) mass is 492 g/mol. The Morgan fingerprint density at radius 1 is 1.11 bits per heavy atom. The van der Waals surface area contributed by atoms with Crippen molar-refractivity contribution >= 4 is 11.2 Å². The maximum atomic E-state index is 13.7. The minimum atomic E-state index is -1.54. The molecule has 3 N–H and O–H groups in total. The minimum Gasteiger partial charge on any atom is -0.382 e. The molecule has 2 bridgehead atoms. The van der Waals surface area contributed by atoms with Crippen molar-refractivity contribution < 1.29 is 24.8 Å². The number of aliphatic hydroxyl groups excluding tert-OH is 1. The molecule has 3 aliphatic heterocycles. The zero-order valence-corrected chi connectivity index (χ0v) is 20.4. The van der Waals surface area contributed by atoms with Gasteiger partial charge in [-0.2, -0.15) is 0 Å². The molecule has 5 heterocycles. The summed E-state index contributed by atoms with van der Waals surface area (Å²) in [4.78, 5) is 31.8. The topological polar surface area (TPSA) is 141 Å².